The molecule has 0 amide bonds. The predicted octanol–water partition coefficient (Wildman–Crippen LogP) is 7.25. The molecular weight excluding hydrogens is 432 g/mol. The standard InChI is InChI=1S/C19H15Cl2NS.BF4/c20-16-10-6-14(7-11-16)19(22,15-8-12-17(21)13-9-15)23-18-4-2-1-3-5-18;2-1(3,4)5/h1-13H,22H2;/q;-1. The lowest BCUT2D eigenvalue weighted by Gasteiger charge is -2.30. The van der Waals surface area contributed by atoms with Gasteiger partial charge >= 0.3 is 7.25 Å². The Bertz CT molecular complexity index is 824. The smallest absolute Gasteiger partial charge is 0.418 e. The molecule has 0 aromatic heterocycles. The summed E-state index contributed by atoms with van der Waals surface area (Å²) in [6, 6.07) is 25.4. The van der Waals surface area contributed by atoms with E-state index in [-0.39, 0.29) is 0 Å². The highest BCUT2D eigenvalue weighted by Gasteiger charge is 2.31. The molecule has 28 heavy (non-hydrogen) atoms. The van der Waals surface area contributed by atoms with Crippen LogP contribution in [0.25, 0.3) is 0 Å². The molecule has 0 bridgehead atoms. The molecule has 1 nitrogen and oxygen atoms in total. The fourth-order valence-electron chi connectivity index (χ4n) is 2.35. The number of thioether (sulfide) groups is 1. The second-order valence-corrected chi connectivity index (χ2v) is 7.85. The summed E-state index contributed by atoms with van der Waals surface area (Å²) in [7, 11) is -6.00. The van der Waals surface area contributed by atoms with Crippen LogP contribution in [0.2, 0.25) is 10.0 Å². The van der Waals surface area contributed by atoms with Crippen molar-refractivity contribution in [1.29, 1.82) is 0 Å². The van der Waals surface area contributed by atoms with Crippen molar-refractivity contribution in [2.75, 3.05) is 0 Å². The molecule has 2 N–H and O–H groups in total. The predicted molar refractivity (Wildman–Crippen MR) is 110 cm³/mol. The first-order valence-corrected chi connectivity index (χ1v) is 9.57. The highest BCUT2D eigenvalue weighted by molar-refractivity contribution is 8.00. The van der Waals surface area contributed by atoms with Crippen LogP contribution in [0.1, 0.15) is 11.1 Å². The van der Waals surface area contributed by atoms with Crippen molar-refractivity contribution in [3.63, 3.8) is 0 Å². The lowest BCUT2D eigenvalue weighted by molar-refractivity contribution is 0.368. The Labute approximate surface area is 175 Å². The quantitative estimate of drug-likeness (QED) is 0.198. The van der Waals surface area contributed by atoms with Crippen LogP contribution in [-0.4, -0.2) is 7.25 Å². The van der Waals surface area contributed by atoms with E-state index >= 15 is 0 Å². The number of hydrogen-bond acceptors (Lipinski definition) is 2. The second kappa shape index (κ2) is 9.70. The van der Waals surface area contributed by atoms with Gasteiger partial charge in [0.2, 0.25) is 0 Å². The van der Waals surface area contributed by atoms with Gasteiger partial charge in [0.15, 0.2) is 0 Å². The zero-order chi connectivity index (χ0) is 20.8. The molecule has 3 rings (SSSR count). The topological polar surface area (TPSA) is 26.0 Å². The van der Waals surface area contributed by atoms with Gasteiger partial charge in [0.25, 0.3) is 0 Å². The Balaban J connectivity index is 0.000000500. The molecule has 0 aliphatic heterocycles. The van der Waals surface area contributed by atoms with Crippen LogP contribution < -0.4 is 5.73 Å². The van der Waals surface area contributed by atoms with E-state index in [4.69, 9.17) is 28.9 Å². The molecule has 0 aliphatic carbocycles. The summed E-state index contributed by atoms with van der Waals surface area (Å²) in [5.74, 6) is 0. The minimum atomic E-state index is -6.00. The molecular formula is C19H15BCl2F4NS-. The number of nitrogens with two attached hydrogens (primary N) is 1. The van der Waals surface area contributed by atoms with E-state index in [1.54, 1.807) is 11.8 Å². The van der Waals surface area contributed by atoms with E-state index in [0.717, 1.165) is 16.0 Å². The van der Waals surface area contributed by atoms with Crippen molar-refractivity contribution < 1.29 is 17.3 Å². The molecule has 0 fully saturated rings. The number of hydrogen-bond donors (Lipinski definition) is 1. The minimum Gasteiger partial charge on any atom is -0.418 e. The first-order valence-electron chi connectivity index (χ1n) is 8.00. The summed E-state index contributed by atoms with van der Waals surface area (Å²) in [5, 5.41) is 1.38. The molecule has 0 saturated carbocycles. The molecule has 0 heterocycles. The van der Waals surface area contributed by atoms with Crippen molar-refractivity contribution in [3.05, 3.63) is 100 Å². The van der Waals surface area contributed by atoms with Gasteiger partial charge in [0.05, 0.1) is 0 Å². The van der Waals surface area contributed by atoms with Gasteiger partial charge in [-0.2, -0.15) is 0 Å². The van der Waals surface area contributed by atoms with Gasteiger partial charge in [-0.05, 0) is 47.5 Å². The van der Waals surface area contributed by atoms with Gasteiger partial charge in [-0.3, -0.25) is 0 Å². The summed E-state index contributed by atoms with van der Waals surface area (Å²) in [4.78, 5) is 0.371. The second-order valence-electron chi connectivity index (χ2n) is 5.66. The molecule has 0 spiro atoms. The zero-order valence-corrected chi connectivity index (χ0v) is 16.7. The van der Waals surface area contributed by atoms with Gasteiger partial charge in [0.1, 0.15) is 4.87 Å². The Kier molecular flexibility index (Phi) is 7.83. The number of halogens is 6. The van der Waals surface area contributed by atoms with Crippen LogP contribution in [0.3, 0.4) is 0 Å². The third-order valence-corrected chi connectivity index (χ3v) is 5.37. The molecule has 0 atom stereocenters. The average Bonchev–Trinajstić information content (AvgIpc) is 2.62. The Hall–Kier alpha value is -1.67. The van der Waals surface area contributed by atoms with Gasteiger partial charge in [-0.15, -0.1) is 0 Å². The maximum atomic E-state index is 9.75. The number of rotatable bonds is 4. The highest BCUT2D eigenvalue weighted by atomic mass is 35.5. The SMILES string of the molecule is F[B-](F)(F)F.NC(Sc1ccccc1)(c1ccc(Cl)cc1)c1ccc(Cl)cc1. The lowest BCUT2D eigenvalue weighted by Crippen LogP contribution is -2.34. The van der Waals surface area contributed by atoms with E-state index in [2.05, 4.69) is 12.1 Å². The molecule has 148 valence electrons. The third kappa shape index (κ3) is 7.06. The van der Waals surface area contributed by atoms with Crippen molar-refractivity contribution in [2.24, 2.45) is 5.73 Å². The maximum Gasteiger partial charge on any atom is 0.673 e. The van der Waals surface area contributed by atoms with Crippen molar-refractivity contribution in [2.45, 2.75) is 9.77 Å². The molecule has 9 heteroatoms. The van der Waals surface area contributed by atoms with E-state index in [1.165, 1.54) is 0 Å². The molecule has 0 radical (unpaired) electrons. The Morgan fingerprint density at radius 1 is 0.679 bits per heavy atom. The van der Waals surface area contributed by atoms with Crippen LogP contribution in [0.4, 0.5) is 17.3 Å². The van der Waals surface area contributed by atoms with Gasteiger partial charge < -0.3 is 23.0 Å². The van der Waals surface area contributed by atoms with Crippen molar-refractivity contribution in [3.8, 4) is 0 Å². The largest absolute Gasteiger partial charge is 0.673 e. The van der Waals surface area contributed by atoms with Crippen LogP contribution in [-0.2, 0) is 4.87 Å². The summed E-state index contributed by atoms with van der Waals surface area (Å²) in [6.07, 6.45) is 0. The maximum absolute atomic E-state index is 9.75. The third-order valence-electron chi connectivity index (χ3n) is 3.57. The normalized spacial score (nSPS) is 11.5. The highest BCUT2D eigenvalue weighted by Crippen LogP contribution is 2.42. The van der Waals surface area contributed by atoms with E-state index in [0.29, 0.717) is 10.0 Å². The van der Waals surface area contributed by atoms with Crippen molar-refractivity contribution >= 4 is 42.2 Å². The Morgan fingerprint density at radius 2 is 1.04 bits per heavy atom. The fraction of sp³-hybridized carbons (Fsp3) is 0.0526. The zero-order valence-electron chi connectivity index (χ0n) is 14.3. The van der Waals surface area contributed by atoms with Crippen LogP contribution in [0.5, 0.6) is 0 Å². The molecule has 3 aromatic rings. The molecule has 3 aromatic carbocycles. The number of benzene rings is 3. The van der Waals surface area contributed by atoms with Crippen LogP contribution >= 0.6 is 35.0 Å². The summed E-state index contributed by atoms with van der Waals surface area (Å²) >= 11 is 13.6. The first-order chi connectivity index (χ1) is 13.1. The van der Waals surface area contributed by atoms with E-state index in [9.17, 15) is 17.3 Å². The molecule has 0 saturated heterocycles. The average molecular weight is 447 g/mol. The van der Waals surface area contributed by atoms with Gasteiger partial charge in [-0.1, -0.05) is 77.4 Å². The molecule has 0 unspecified atom stereocenters. The Morgan fingerprint density at radius 3 is 1.39 bits per heavy atom. The van der Waals surface area contributed by atoms with Crippen molar-refractivity contribution in [1.82, 2.24) is 0 Å². The minimum absolute atomic E-state index is 0.692. The first kappa shape index (κ1) is 22.6. The monoisotopic (exact) mass is 446 g/mol. The lowest BCUT2D eigenvalue weighted by atomic mass is 9.99. The van der Waals surface area contributed by atoms with Gasteiger partial charge in [0, 0.05) is 14.9 Å². The fourth-order valence-corrected chi connectivity index (χ4v) is 3.78. The summed E-state index contributed by atoms with van der Waals surface area (Å²) in [6.45, 7) is 0. The summed E-state index contributed by atoms with van der Waals surface area (Å²) in [5.41, 5.74) is 8.82. The molecule has 0 aliphatic rings. The van der Waals surface area contributed by atoms with Crippen LogP contribution in [0, 0.1) is 0 Å². The summed E-state index contributed by atoms with van der Waals surface area (Å²) < 4.78 is 39.0. The van der Waals surface area contributed by atoms with Gasteiger partial charge in [-0.25, -0.2) is 0 Å². The van der Waals surface area contributed by atoms with E-state index in [1.807, 2.05) is 66.7 Å². The van der Waals surface area contributed by atoms with E-state index < -0.39 is 12.1 Å². The van der Waals surface area contributed by atoms with Crippen LogP contribution in [0.15, 0.2) is 83.8 Å².